The van der Waals surface area contributed by atoms with Crippen LogP contribution in [0, 0.1) is 0 Å². The predicted octanol–water partition coefficient (Wildman–Crippen LogP) is 2.44. The summed E-state index contributed by atoms with van der Waals surface area (Å²) in [5, 5.41) is 11.3. The Labute approximate surface area is 196 Å². The molecule has 1 aliphatic heterocycles. The lowest BCUT2D eigenvalue weighted by atomic mass is 10.1. The van der Waals surface area contributed by atoms with Crippen LogP contribution in [-0.2, 0) is 14.6 Å². The van der Waals surface area contributed by atoms with Crippen LogP contribution in [0.4, 0.5) is 5.95 Å². The van der Waals surface area contributed by atoms with E-state index in [-0.39, 0.29) is 22.3 Å². The zero-order chi connectivity index (χ0) is 23.9. The topological polar surface area (TPSA) is 128 Å². The number of para-hydroxylation sites is 1. The number of ether oxygens (including phenoxy) is 1. The number of nitrogens with one attached hydrogen (secondary N) is 2. The highest BCUT2D eigenvalue weighted by molar-refractivity contribution is 7.91. The number of hydrogen-bond donors (Lipinski definition) is 2. The Bertz CT molecular complexity index is 1500. The van der Waals surface area contributed by atoms with Crippen molar-refractivity contribution in [3.8, 4) is 17.1 Å². The molecule has 0 spiro atoms. The molecular formula is C23H24N6O4S. The van der Waals surface area contributed by atoms with E-state index in [1.165, 1.54) is 10.6 Å². The Hall–Kier alpha value is -3.73. The van der Waals surface area contributed by atoms with Gasteiger partial charge in [-0.05, 0) is 55.7 Å². The van der Waals surface area contributed by atoms with Crippen molar-refractivity contribution < 1.29 is 17.9 Å². The van der Waals surface area contributed by atoms with Gasteiger partial charge in [-0.15, -0.1) is 5.10 Å². The van der Waals surface area contributed by atoms with Gasteiger partial charge in [0, 0.05) is 23.8 Å². The summed E-state index contributed by atoms with van der Waals surface area (Å²) in [7, 11) is -1.96. The molecule has 4 aromatic rings. The molecule has 3 heterocycles. The minimum atomic E-state index is -3.56. The average molecular weight is 481 g/mol. The molecule has 0 radical (unpaired) electrons. The number of carbonyl (C=O) groups excluding carboxylic acids is 1. The Kier molecular flexibility index (Phi) is 5.56. The quantitative estimate of drug-likeness (QED) is 0.446. The molecule has 1 fully saturated rings. The summed E-state index contributed by atoms with van der Waals surface area (Å²) in [5.74, 6) is 1.28. The fourth-order valence-electron chi connectivity index (χ4n) is 4.09. The number of fused-ring (bicyclic) bond motifs is 3. The number of nitrogens with zero attached hydrogens (tertiary/aromatic N) is 4. The van der Waals surface area contributed by atoms with Crippen molar-refractivity contribution in [2.24, 2.45) is 0 Å². The standard InChI is InChI=1S/C23H24N6O4S/c1-33-15-11-9-14(10-12-15)20-27-21-16-6-5-8-18(34(2,31)32)19(16)26-23(29(21)28-20)25-17-7-3-4-13-24-22(17)30/h5-6,8-12,17H,3-4,7,13H2,1-2H3,(H,24,30)(H,25,26)/t17-/m1/s1. The summed E-state index contributed by atoms with van der Waals surface area (Å²) in [5.41, 5.74) is 1.48. The average Bonchev–Trinajstić information content (AvgIpc) is 3.18. The van der Waals surface area contributed by atoms with Gasteiger partial charge in [0.25, 0.3) is 0 Å². The summed E-state index contributed by atoms with van der Waals surface area (Å²) in [4.78, 5) is 22.0. The lowest BCUT2D eigenvalue weighted by Gasteiger charge is -2.17. The molecule has 34 heavy (non-hydrogen) atoms. The van der Waals surface area contributed by atoms with Crippen LogP contribution in [0.3, 0.4) is 0 Å². The lowest BCUT2D eigenvalue weighted by molar-refractivity contribution is -0.121. The lowest BCUT2D eigenvalue weighted by Crippen LogP contribution is -2.38. The smallest absolute Gasteiger partial charge is 0.242 e. The van der Waals surface area contributed by atoms with E-state index in [9.17, 15) is 13.2 Å². The number of carbonyl (C=O) groups is 1. The van der Waals surface area contributed by atoms with E-state index in [1.54, 1.807) is 19.2 Å². The SMILES string of the molecule is COc1ccc(-c2nc3c4cccc(S(C)(=O)=O)c4nc(N[C@@H]4CCCCNC4=O)n3n2)cc1. The van der Waals surface area contributed by atoms with Gasteiger partial charge < -0.3 is 15.4 Å². The highest BCUT2D eigenvalue weighted by Crippen LogP contribution is 2.29. The molecule has 0 unspecified atom stereocenters. The van der Waals surface area contributed by atoms with Gasteiger partial charge in [0.05, 0.1) is 17.5 Å². The molecule has 0 aliphatic carbocycles. The molecule has 1 atom stereocenters. The Morgan fingerprint density at radius 2 is 1.91 bits per heavy atom. The van der Waals surface area contributed by atoms with Crippen molar-refractivity contribution >= 4 is 38.2 Å². The molecule has 2 aromatic carbocycles. The molecule has 10 nitrogen and oxygen atoms in total. The molecule has 1 amide bonds. The van der Waals surface area contributed by atoms with E-state index < -0.39 is 15.9 Å². The van der Waals surface area contributed by atoms with Crippen molar-refractivity contribution in [1.82, 2.24) is 24.9 Å². The molecule has 0 bridgehead atoms. The van der Waals surface area contributed by atoms with E-state index in [2.05, 4.69) is 20.7 Å². The fourth-order valence-corrected chi connectivity index (χ4v) is 4.93. The highest BCUT2D eigenvalue weighted by atomic mass is 32.2. The molecule has 5 rings (SSSR count). The molecule has 1 saturated heterocycles. The van der Waals surface area contributed by atoms with Gasteiger partial charge >= 0.3 is 0 Å². The normalized spacial score (nSPS) is 16.9. The van der Waals surface area contributed by atoms with Gasteiger partial charge in [0.1, 0.15) is 11.8 Å². The first-order valence-electron chi connectivity index (χ1n) is 10.9. The van der Waals surface area contributed by atoms with E-state index in [4.69, 9.17) is 9.72 Å². The third kappa shape index (κ3) is 4.03. The first-order valence-corrected chi connectivity index (χ1v) is 12.8. The number of rotatable bonds is 5. The number of amides is 1. The molecule has 2 N–H and O–H groups in total. The Morgan fingerprint density at radius 1 is 1.12 bits per heavy atom. The largest absolute Gasteiger partial charge is 0.497 e. The number of anilines is 1. The van der Waals surface area contributed by atoms with Crippen LogP contribution >= 0.6 is 0 Å². The van der Waals surface area contributed by atoms with Gasteiger partial charge in [-0.2, -0.15) is 4.52 Å². The van der Waals surface area contributed by atoms with Gasteiger partial charge in [-0.25, -0.2) is 18.4 Å². The van der Waals surface area contributed by atoms with Crippen LogP contribution in [0.25, 0.3) is 27.9 Å². The van der Waals surface area contributed by atoms with Crippen LogP contribution in [-0.4, -0.2) is 59.9 Å². The molecular weight excluding hydrogens is 456 g/mol. The second kappa shape index (κ2) is 8.56. The Morgan fingerprint density at radius 3 is 2.65 bits per heavy atom. The first-order chi connectivity index (χ1) is 16.3. The van der Waals surface area contributed by atoms with E-state index >= 15 is 0 Å². The number of hydrogen-bond acceptors (Lipinski definition) is 8. The van der Waals surface area contributed by atoms with Gasteiger partial charge in [0.2, 0.25) is 11.9 Å². The van der Waals surface area contributed by atoms with E-state index in [0.29, 0.717) is 35.6 Å². The maximum Gasteiger partial charge on any atom is 0.242 e. The van der Waals surface area contributed by atoms with Gasteiger partial charge in [-0.3, -0.25) is 4.79 Å². The minimum absolute atomic E-state index is 0.0925. The fraction of sp³-hybridized carbons (Fsp3) is 0.304. The molecule has 1 aliphatic rings. The Balaban J connectivity index is 1.73. The molecule has 11 heteroatoms. The van der Waals surface area contributed by atoms with Crippen LogP contribution in [0.5, 0.6) is 5.75 Å². The number of sulfone groups is 1. The van der Waals surface area contributed by atoms with Crippen LogP contribution in [0.15, 0.2) is 47.4 Å². The van der Waals surface area contributed by atoms with Crippen LogP contribution in [0.2, 0.25) is 0 Å². The van der Waals surface area contributed by atoms with E-state index in [1.807, 2.05) is 24.3 Å². The van der Waals surface area contributed by atoms with Gasteiger partial charge in [-0.1, -0.05) is 6.07 Å². The predicted molar refractivity (Wildman–Crippen MR) is 128 cm³/mol. The van der Waals surface area contributed by atoms with Crippen molar-refractivity contribution in [2.75, 3.05) is 25.2 Å². The van der Waals surface area contributed by atoms with Crippen molar-refractivity contribution in [2.45, 2.75) is 30.2 Å². The summed E-state index contributed by atoms with van der Waals surface area (Å²) >= 11 is 0. The molecule has 176 valence electrons. The second-order valence-corrected chi connectivity index (χ2v) is 10.2. The first kappa shape index (κ1) is 22.1. The monoisotopic (exact) mass is 480 g/mol. The zero-order valence-electron chi connectivity index (χ0n) is 18.8. The zero-order valence-corrected chi connectivity index (χ0v) is 19.6. The summed E-state index contributed by atoms with van der Waals surface area (Å²) in [6.45, 7) is 0.626. The van der Waals surface area contributed by atoms with Crippen molar-refractivity contribution in [1.29, 1.82) is 0 Å². The summed E-state index contributed by atoms with van der Waals surface area (Å²) < 4.78 is 31.7. The summed E-state index contributed by atoms with van der Waals surface area (Å²) in [6.07, 6.45) is 3.54. The summed E-state index contributed by atoms with van der Waals surface area (Å²) in [6, 6.07) is 11.7. The third-order valence-corrected chi connectivity index (χ3v) is 6.98. The minimum Gasteiger partial charge on any atom is -0.497 e. The van der Waals surface area contributed by atoms with E-state index in [0.717, 1.165) is 24.7 Å². The van der Waals surface area contributed by atoms with Crippen LogP contribution in [0.1, 0.15) is 19.3 Å². The maximum absolute atomic E-state index is 12.6. The highest BCUT2D eigenvalue weighted by Gasteiger charge is 2.25. The second-order valence-electron chi connectivity index (χ2n) is 8.24. The molecule has 2 aromatic heterocycles. The number of aromatic nitrogens is 4. The van der Waals surface area contributed by atoms with Crippen molar-refractivity contribution in [3.63, 3.8) is 0 Å². The third-order valence-electron chi connectivity index (χ3n) is 5.85. The van der Waals surface area contributed by atoms with Crippen molar-refractivity contribution in [3.05, 3.63) is 42.5 Å². The number of methoxy groups -OCH3 is 1. The van der Waals surface area contributed by atoms with Gasteiger partial charge in [0.15, 0.2) is 21.3 Å². The maximum atomic E-state index is 12.6. The number of benzene rings is 2. The molecule has 0 saturated carbocycles. The van der Waals surface area contributed by atoms with Crippen LogP contribution < -0.4 is 15.4 Å².